The van der Waals surface area contributed by atoms with Gasteiger partial charge in [0.2, 0.25) is 5.16 Å². The summed E-state index contributed by atoms with van der Waals surface area (Å²) in [4.78, 5) is 9.37. The van der Waals surface area contributed by atoms with E-state index in [-0.39, 0.29) is 0 Å². The van der Waals surface area contributed by atoms with E-state index < -0.39 is 0 Å². The maximum absolute atomic E-state index is 4.73. The molecule has 0 unspecified atom stereocenters. The predicted octanol–water partition coefficient (Wildman–Crippen LogP) is 3.51. The molecule has 0 atom stereocenters. The van der Waals surface area contributed by atoms with E-state index in [0.29, 0.717) is 5.75 Å². The first-order valence-corrected chi connectivity index (χ1v) is 8.90. The van der Waals surface area contributed by atoms with Crippen LogP contribution in [0.3, 0.4) is 0 Å². The third-order valence-corrected chi connectivity index (χ3v) is 4.90. The first kappa shape index (κ1) is 15.7. The number of hydrogen-bond acceptors (Lipinski definition) is 6. The molecule has 6 nitrogen and oxygen atoms in total. The van der Waals surface area contributed by atoms with Gasteiger partial charge in [-0.25, -0.2) is 9.97 Å². The van der Waals surface area contributed by atoms with Gasteiger partial charge in [0.1, 0.15) is 0 Å². The zero-order valence-corrected chi connectivity index (χ0v) is 14.7. The van der Waals surface area contributed by atoms with Crippen LogP contribution in [0.5, 0.6) is 0 Å². The van der Waals surface area contributed by atoms with Crippen molar-refractivity contribution in [3.63, 3.8) is 0 Å². The highest BCUT2D eigenvalue weighted by molar-refractivity contribution is 7.98. The number of benzene rings is 2. The Labute approximate surface area is 149 Å². The van der Waals surface area contributed by atoms with Gasteiger partial charge in [-0.2, -0.15) is 4.68 Å². The summed E-state index contributed by atoms with van der Waals surface area (Å²) in [5.74, 6) is 0.663. The summed E-state index contributed by atoms with van der Waals surface area (Å²) >= 11 is 1.56. The van der Waals surface area contributed by atoms with Crippen LogP contribution in [0, 0.1) is 13.8 Å². The van der Waals surface area contributed by atoms with Gasteiger partial charge < -0.3 is 0 Å². The average Bonchev–Trinajstić information content (AvgIpc) is 3.08. The summed E-state index contributed by atoms with van der Waals surface area (Å²) in [7, 11) is 0. The molecule has 0 aliphatic carbocycles. The smallest absolute Gasteiger partial charge is 0.214 e. The lowest BCUT2D eigenvalue weighted by Crippen LogP contribution is -2.02. The minimum atomic E-state index is 0.663. The molecule has 25 heavy (non-hydrogen) atoms. The van der Waals surface area contributed by atoms with E-state index in [1.54, 1.807) is 16.4 Å². The summed E-state index contributed by atoms with van der Waals surface area (Å²) in [6.07, 6.45) is 0. The van der Waals surface area contributed by atoms with E-state index in [1.807, 2.05) is 62.4 Å². The molecule has 2 aromatic carbocycles. The molecular formula is C18H16N6S. The minimum absolute atomic E-state index is 0.663. The quantitative estimate of drug-likeness (QED) is 0.526. The van der Waals surface area contributed by atoms with Crippen molar-refractivity contribution in [3.8, 4) is 5.69 Å². The van der Waals surface area contributed by atoms with Gasteiger partial charge in [0.05, 0.1) is 28.1 Å². The summed E-state index contributed by atoms with van der Waals surface area (Å²) in [5, 5.41) is 12.9. The fourth-order valence-electron chi connectivity index (χ4n) is 2.62. The molecule has 124 valence electrons. The lowest BCUT2D eigenvalue weighted by Gasteiger charge is -2.08. The molecule has 4 aromatic rings. The Kier molecular flexibility index (Phi) is 4.15. The van der Waals surface area contributed by atoms with E-state index in [4.69, 9.17) is 4.98 Å². The fourth-order valence-corrected chi connectivity index (χ4v) is 3.51. The van der Waals surface area contributed by atoms with E-state index in [0.717, 1.165) is 38.8 Å². The van der Waals surface area contributed by atoms with Gasteiger partial charge in [-0.1, -0.05) is 42.1 Å². The Morgan fingerprint density at radius 3 is 2.44 bits per heavy atom. The number of tetrazole rings is 1. The molecule has 4 rings (SSSR count). The van der Waals surface area contributed by atoms with Crippen LogP contribution in [-0.2, 0) is 5.75 Å². The van der Waals surface area contributed by atoms with Crippen molar-refractivity contribution in [1.29, 1.82) is 0 Å². The van der Waals surface area contributed by atoms with Crippen molar-refractivity contribution in [1.82, 2.24) is 30.2 Å². The molecule has 2 heterocycles. The van der Waals surface area contributed by atoms with Gasteiger partial charge in [0.25, 0.3) is 0 Å². The second-order valence-corrected chi connectivity index (χ2v) is 6.64. The Bertz CT molecular complexity index is 1040. The van der Waals surface area contributed by atoms with Crippen molar-refractivity contribution < 1.29 is 0 Å². The summed E-state index contributed by atoms with van der Waals surface area (Å²) in [6.45, 7) is 4.03. The number of hydrogen-bond donors (Lipinski definition) is 0. The molecule has 2 aromatic heterocycles. The van der Waals surface area contributed by atoms with Crippen molar-refractivity contribution in [2.45, 2.75) is 24.8 Å². The van der Waals surface area contributed by atoms with Gasteiger partial charge in [-0.05, 0) is 48.0 Å². The molecule has 7 heteroatoms. The number of rotatable bonds is 4. The van der Waals surface area contributed by atoms with E-state index >= 15 is 0 Å². The zero-order valence-electron chi connectivity index (χ0n) is 13.9. The minimum Gasteiger partial charge on any atom is -0.250 e. The van der Waals surface area contributed by atoms with E-state index in [1.165, 1.54) is 0 Å². The van der Waals surface area contributed by atoms with Crippen molar-refractivity contribution >= 4 is 22.8 Å². The topological polar surface area (TPSA) is 69.4 Å². The number of fused-ring (bicyclic) bond motifs is 1. The molecule has 0 spiro atoms. The number of para-hydroxylation sites is 3. The highest BCUT2D eigenvalue weighted by Crippen LogP contribution is 2.24. The first-order chi connectivity index (χ1) is 12.2. The number of thioether (sulfide) groups is 1. The third kappa shape index (κ3) is 3.10. The van der Waals surface area contributed by atoms with Crippen molar-refractivity contribution in [3.05, 3.63) is 65.5 Å². The molecule has 0 aliphatic rings. The molecular weight excluding hydrogens is 332 g/mol. The Morgan fingerprint density at radius 1 is 0.920 bits per heavy atom. The lowest BCUT2D eigenvalue weighted by atomic mass is 10.2. The molecule has 0 aliphatic heterocycles. The average molecular weight is 348 g/mol. The monoisotopic (exact) mass is 348 g/mol. The second-order valence-electron chi connectivity index (χ2n) is 5.69. The number of aryl methyl sites for hydroxylation is 2. The SMILES string of the molecule is Cc1ccccc1-n1nnnc1SCc1nc2ccccc2nc1C. The van der Waals surface area contributed by atoms with Crippen LogP contribution in [0.25, 0.3) is 16.7 Å². The van der Waals surface area contributed by atoms with Crippen molar-refractivity contribution in [2.75, 3.05) is 0 Å². The van der Waals surface area contributed by atoms with Crippen LogP contribution in [0.1, 0.15) is 17.0 Å². The van der Waals surface area contributed by atoms with Crippen LogP contribution in [-0.4, -0.2) is 30.2 Å². The number of nitrogens with zero attached hydrogens (tertiary/aromatic N) is 6. The molecule has 0 saturated heterocycles. The van der Waals surface area contributed by atoms with Gasteiger partial charge in [-0.3, -0.25) is 0 Å². The largest absolute Gasteiger partial charge is 0.250 e. The molecule has 0 fully saturated rings. The predicted molar refractivity (Wildman–Crippen MR) is 97.7 cm³/mol. The zero-order chi connectivity index (χ0) is 17.2. The van der Waals surface area contributed by atoms with Crippen LogP contribution < -0.4 is 0 Å². The maximum atomic E-state index is 4.73. The summed E-state index contributed by atoms with van der Waals surface area (Å²) < 4.78 is 1.77. The standard InChI is InChI=1S/C18H16N6S/c1-12-7-3-6-10-17(12)24-18(21-22-23-24)25-11-16-13(2)19-14-8-4-5-9-15(14)20-16/h3-10H,11H2,1-2H3. The molecule has 0 radical (unpaired) electrons. The van der Waals surface area contributed by atoms with E-state index in [2.05, 4.69) is 20.5 Å². The van der Waals surface area contributed by atoms with Crippen molar-refractivity contribution in [2.24, 2.45) is 0 Å². The van der Waals surface area contributed by atoms with Crippen LogP contribution >= 0.6 is 11.8 Å². The molecule has 0 bridgehead atoms. The third-order valence-electron chi connectivity index (χ3n) is 3.97. The normalized spacial score (nSPS) is 11.1. The van der Waals surface area contributed by atoms with Crippen LogP contribution in [0.4, 0.5) is 0 Å². The van der Waals surface area contributed by atoms with Gasteiger partial charge in [0.15, 0.2) is 0 Å². The molecule has 0 saturated carbocycles. The van der Waals surface area contributed by atoms with Crippen LogP contribution in [0.2, 0.25) is 0 Å². The fraction of sp³-hybridized carbons (Fsp3) is 0.167. The summed E-state index contributed by atoms with van der Waals surface area (Å²) in [6, 6.07) is 15.9. The Morgan fingerprint density at radius 2 is 1.64 bits per heavy atom. The molecule has 0 N–H and O–H groups in total. The second kappa shape index (κ2) is 6.60. The van der Waals surface area contributed by atoms with Gasteiger partial charge in [0, 0.05) is 5.75 Å². The van der Waals surface area contributed by atoms with Gasteiger partial charge >= 0.3 is 0 Å². The Balaban J connectivity index is 1.62. The Hall–Kier alpha value is -2.80. The van der Waals surface area contributed by atoms with Crippen LogP contribution in [0.15, 0.2) is 53.7 Å². The first-order valence-electron chi connectivity index (χ1n) is 7.92. The summed E-state index contributed by atoms with van der Waals surface area (Å²) in [5.41, 5.74) is 5.81. The highest BCUT2D eigenvalue weighted by Gasteiger charge is 2.13. The molecule has 0 amide bonds. The van der Waals surface area contributed by atoms with E-state index in [9.17, 15) is 0 Å². The van der Waals surface area contributed by atoms with Gasteiger partial charge in [-0.15, -0.1) is 5.10 Å². The maximum Gasteiger partial charge on any atom is 0.214 e. The highest BCUT2D eigenvalue weighted by atomic mass is 32.2. The lowest BCUT2D eigenvalue weighted by molar-refractivity contribution is 0.752. The number of aromatic nitrogens is 6.